The number of hydrogen-bond donors (Lipinski definition) is 2. The maximum Gasteiger partial charge on any atom is 0.255 e. The molecule has 1 amide bonds. The normalized spacial score (nSPS) is 22.5. The summed E-state index contributed by atoms with van der Waals surface area (Å²) in [5, 5.41) is 10.4. The predicted octanol–water partition coefficient (Wildman–Crippen LogP) is 2.30. The molecule has 3 rings (SSSR count). The lowest BCUT2D eigenvalue weighted by Gasteiger charge is -2.18. The molecule has 2 N–H and O–H groups in total. The van der Waals surface area contributed by atoms with Crippen molar-refractivity contribution in [2.24, 2.45) is 11.8 Å². The maximum atomic E-state index is 12.5. The first-order valence-electron chi connectivity index (χ1n) is 8.60. The van der Waals surface area contributed by atoms with Crippen molar-refractivity contribution < 1.29 is 4.79 Å². The number of rotatable bonds is 6. The van der Waals surface area contributed by atoms with Crippen LogP contribution < -0.4 is 5.32 Å². The molecule has 0 spiro atoms. The zero-order chi connectivity index (χ0) is 15.7. The van der Waals surface area contributed by atoms with E-state index in [2.05, 4.69) is 34.3 Å². The smallest absolute Gasteiger partial charge is 0.255 e. The molecule has 1 atom stereocenters. The maximum absolute atomic E-state index is 12.5. The van der Waals surface area contributed by atoms with Gasteiger partial charge in [-0.05, 0) is 44.6 Å². The lowest BCUT2D eigenvalue weighted by Crippen LogP contribution is -2.32. The van der Waals surface area contributed by atoms with E-state index in [0.717, 1.165) is 56.0 Å². The first-order chi connectivity index (χ1) is 10.5. The van der Waals surface area contributed by atoms with Gasteiger partial charge in [0.15, 0.2) is 0 Å². The van der Waals surface area contributed by atoms with Crippen molar-refractivity contribution in [3.8, 4) is 0 Å². The van der Waals surface area contributed by atoms with Gasteiger partial charge in [-0.1, -0.05) is 13.8 Å². The molecule has 1 saturated carbocycles. The van der Waals surface area contributed by atoms with Crippen molar-refractivity contribution in [1.29, 1.82) is 0 Å². The number of aromatic nitrogens is 2. The summed E-state index contributed by atoms with van der Waals surface area (Å²) in [6.45, 7) is 10.7. The van der Waals surface area contributed by atoms with Gasteiger partial charge in [-0.3, -0.25) is 9.89 Å². The summed E-state index contributed by atoms with van der Waals surface area (Å²) >= 11 is 0. The minimum atomic E-state index is 0.0514. The largest absolute Gasteiger partial charge is 0.352 e. The molecule has 1 aliphatic carbocycles. The van der Waals surface area contributed by atoms with Crippen molar-refractivity contribution in [3.63, 3.8) is 0 Å². The number of amides is 1. The number of likely N-dealkylation sites (tertiary alicyclic amines) is 1. The van der Waals surface area contributed by atoms with E-state index < -0.39 is 0 Å². The molecule has 0 unspecified atom stereocenters. The van der Waals surface area contributed by atoms with Crippen LogP contribution in [0.15, 0.2) is 0 Å². The fourth-order valence-electron chi connectivity index (χ4n) is 3.47. The van der Waals surface area contributed by atoms with Crippen LogP contribution in [0.25, 0.3) is 0 Å². The van der Waals surface area contributed by atoms with Gasteiger partial charge in [-0.15, -0.1) is 0 Å². The van der Waals surface area contributed by atoms with E-state index in [1.54, 1.807) is 0 Å². The quantitative estimate of drug-likeness (QED) is 0.848. The zero-order valence-corrected chi connectivity index (χ0v) is 14.0. The van der Waals surface area contributed by atoms with Gasteiger partial charge in [-0.2, -0.15) is 5.10 Å². The Morgan fingerprint density at radius 2 is 2.18 bits per heavy atom. The lowest BCUT2D eigenvalue weighted by atomic mass is 10.1. The number of aryl methyl sites for hydroxylation is 1. The molecule has 2 fully saturated rings. The summed E-state index contributed by atoms with van der Waals surface area (Å²) in [6.07, 6.45) is 3.52. The predicted molar refractivity (Wildman–Crippen MR) is 87.0 cm³/mol. The first-order valence-corrected chi connectivity index (χ1v) is 8.60. The van der Waals surface area contributed by atoms with Gasteiger partial charge in [0, 0.05) is 31.2 Å². The van der Waals surface area contributed by atoms with Crippen LogP contribution in [0.3, 0.4) is 0 Å². The van der Waals surface area contributed by atoms with E-state index in [1.807, 2.05) is 6.92 Å². The lowest BCUT2D eigenvalue weighted by molar-refractivity contribution is 0.0945. The highest BCUT2D eigenvalue weighted by atomic mass is 16.1. The summed E-state index contributed by atoms with van der Waals surface area (Å²) in [5.74, 6) is 1.84. The Morgan fingerprint density at radius 3 is 2.86 bits per heavy atom. The standard InChI is InChI=1S/C17H28N4O/c1-11(2)9-21-7-6-13(10-21)8-18-17(22)15-12(3)19-20-16(15)14-4-5-14/h11,13-14H,4-10H2,1-3H3,(H,18,22)(H,19,20)/t13-/m0/s1. The minimum Gasteiger partial charge on any atom is -0.352 e. The van der Waals surface area contributed by atoms with Crippen LogP contribution in [0.2, 0.25) is 0 Å². The average Bonchev–Trinajstić information content (AvgIpc) is 3.09. The number of carbonyl (C=O) groups excluding carboxylic acids is 1. The van der Waals surface area contributed by atoms with Crippen LogP contribution in [-0.4, -0.2) is 47.2 Å². The third-order valence-corrected chi connectivity index (χ3v) is 4.71. The third-order valence-electron chi connectivity index (χ3n) is 4.71. The molecule has 22 heavy (non-hydrogen) atoms. The van der Waals surface area contributed by atoms with E-state index in [4.69, 9.17) is 0 Å². The van der Waals surface area contributed by atoms with E-state index in [9.17, 15) is 4.79 Å². The molecular formula is C17H28N4O. The number of H-pyrrole nitrogens is 1. The van der Waals surface area contributed by atoms with Crippen LogP contribution in [0, 0.1) is 18.8 Å². The molecule has 5 heteroatoms. The third kappa shape index (κ3) is 3.51. The summed E-state index contributed by atoms with van der Waals surface area (Å²) < 4.78 is 0. The average molecular weight is 304 g/mol. The molecule has 0 radical (unpaired) electrons. The van der Waals surface area contributed by atoms with Crippen LogP contribution in [0.5, 0.6) is 0 Å². The number of hydrogen-bond acceptors (Lipinski definition) is 3. The molecule has 2 aliphatic rings. The van der Waals surface area contributed by atoms with Gasteiger partial charge >= 0.3 is 0 Å². The molecule has 1 aliphatic heterocycles. The van der Waals surface area contributed by atoms with Crippen LogP contribution >= 0.6 is 0 Å². The van der Waals surface area contributed by atoms with Gasteiger partial charge in [-0.25, -0.2) is 0 Å². The number of nitrogens with one attached hydrogen (secondary N) is 2. The second-order valence-electron chi connectivity index (χ2n) is 7.40. The molecule has 0 aromatic carbocycles. The Morgan fingerprint density at radius 1 is 1.41 bits per heavy atom. The summed E-state index contributed by atoms with van der Waals surface area (Å²) in [5.41, 5.74) is 2.66. The van der Waals surface area contributed by atoms with E-state index in [-0.39, 0.29) is 5.91 Å². The highest BCUT2D eigenvalue weighted by Crippen LogP contribution is 2.41. The molecule has 1 aromatic rings. The first kappa shape index (κ1) is 15.5. The van der Waals surface area contributed by atoms with Crippen LogP contribution in [0.4, 0.5) is 0 Å². The molecule has 1 saturated heterocycles. The number of nitrogens with zero attached hydrogens (tertiary/aromatic N) is 2. The fraction of sp³-hybridized carbons (Fsp3) is 0.765. The Balaban J connectivity index is 1.52. The second kappa shape index (κ2) is 6.41. The zero-order valence-electron chi connectivity index (χ0n) is 14.0. The highest BCUT2D eigenvalue weighted by Gasteiger charge is 2.32. The molecule has 1 aromatic heterocycles. The Kier molecular flexibility index (Phi) is 4.52. The molecule has 122 valence electrons. The van der Waals surface area contributed by atoms with E-state index >= 15 is 0 Å². The Hall–Kier alpha value is -1.36. The molecule has 5 nitrogen and oxygen atoms in total. The van der Waals surface area contributed by atoms with Crippen molar-refractivity contribution in [3.05, 3.63) is 17.0 Å². The fourth-order valence-corrected chi connectivity index (χ4v) is 3.47. The Labute approximate surface area is 132 Å². The van der Waals surface area contributed by atoms with Gasteiger partial charge in [0.05, 0.1) is 11.3 Å². The van der Waals surface area contributed by atoms with E-state index in [1.165, 1.54) is 6.42 Å². The van der Waals surface area contributed by atoms with Gasteiger partial charge in [0.25, 0.3) is 5.91 Å². The summed E-state index contributed by atoms with van der Waals surface area (Å²) in [6, 6.07) is 0. The SMILES string of the molecule is Cc1[nH]nc(C2CC2)c1C(=O)NC[C@@H]1CCN(CC(C)C)C1. The Bertz CT molecular complexity index is 533. The molecule has 2 heterocycles. The summed E-state index contributed by atoms with van der Waals surface area (Å²) in [7, 11) is 0. The molecular weight excluding hydrogens is 276 g/mol. The van der Waals surface area contributed by atoms with Crippen molar-refractivity contribution in [2.75, 3.05) is 26.2 Å². The monoisotopic (exact) mass is 304 g/mol. The minimum absolute atomic E-state index is 0.0514. The number of carbonyl (C=O) groups is 1. The van der Waals surface area contributed by atoms with Gasteiger partial charge in [0.1, 0.15) is 0 Å². The second-order valence-corrected chi connectivity index (χ2v) is 7.40. The highest BCUT2D eigenvalue weighted by molar-refractivity contribution is 5.96. The topological polar surface area (TPSA) is 61.0 Å². The van der Waals surface area contributed by atoms with Crippen molar-refractivity contribution in [2.45, 2.75) is 46.0 Å². The van der Waals surface area contributed by atoms with E-state index in [0.29, 0.717) is 17.8 Å². The molecule has 0 bridgehead atoms. The van der Waals surface area contributed by atoms with Crippen molar-refractivity contribution >= 4 is 5.91 Å². The van der Waals surface area contributed by atoms with Crippen molar-refractivity contribution in [1.82, 2.24) is 20.4 Å². The van der Waals surface area contributed by atoms with Crippen LogP contribution in [0.1, 0.15) is 60.8 Å². The van der Waals surface area contributed by atoms with Crippen LogP contribution in [-0.2, 0) is 0 Å². The van der Waals surface area contributed by atoms with Gasteiger partial charge < -0.3 is 10.2 Å². The number of aromatic amines is 1. The van der Waals surface area contributed by atoms with Gasteiger partial charge in [0.2, 0.25) is 0 Å². The summed E-state index contributed by atoms with van der Waals surface area (Å²) in [4.78, 5) is 15.0.